The number of amides is 1. The first kappa shape index (κ1) is 24.6. The Labute approximate surface area is 209 Å². The van der Waals surface area contributed by atoms with Crippen LogP contribution in [-0.4, -0.2) is 52.9 Å². The number of halogens is 2. The molecule has 0 saturated heterocycles. The summed E-state index contributed by atoms with van der Waals surface area (Å²) in [5, 5.41) is 0.361. The average Bonchev–Trinajstić information content (AvgIpc) is 3.45. The summed E-state index contributed by atoms with van der Waals surface area (Å²) in [5.74, 6) is -1.40. The van der Waals surface area contributed by atoms with Crippen LogP contribution in [0, 0.1) is 11.8 Å². The number of carbonyl (C=O) groups excluding carboxylic acids is 1. The maximum absolute atomic E-state index is 13.1. The summed E-state index contributed by atoms with van der Waals surface area (Å²) in [5.41, 5.74) is 3.02. The van der Waals surface area contributed by atoms with Crippen molar-refractivity contribution in [3.8, 4) is 5.19 Å². The van der Waals surface area contributed by atoms with E-state index in [2.05, 4.69) is 14.9 Å². The first-order valence-corrected chi connectivity index (χ1v) is 13.6. The third-order valence-corrected chi connectivity index (χ3v) is 8.62. The average molecular weight is 505 g/mol. The monoisotopic (exact) mass is 504 g/mol. The maximum atomic E-state index is 13.1. The molecule has 6 nitrogen and oxygen atoms in total. The zero-order valence-corrected chi connectivity index (χ0v) is 21.2. The van der Waals surface area contributed by atoms with Crippen LogP contribution in [0.5, 0.6) is 5.19 Å². The molecule has 2 aliphatic heterocycles. The lowest BCUT2D eigenvalue weighted by molar-refractivity contribution is -0.119. The Hall–Kier alpha value is -2.13. The van der Waals surface area contributed by atoms with E-state index in [1.165, 1.54) is 24.2 Å². The number of fused-ring (bicyclic) bond motifs is 2. The Morgan fingerprint density at radius 1 is 1.17 bits per heavy atom. The molecule has 0 radical (unpaired) electrons. The van der Waals surface area contributed by atoms with Gasteiger partial charge in [-0.3, -0.25) is 14.7 Å². The van der Waals surface area contributed by atoms with E-state index in [-0.39, 0.29) is 5.91 Å². The minimum absolute atomic E-state index is 0.249. The van der Waals surface area contributed by atoms with Gasteiger partial charge in [0.1, 0.15) is 0 Å². The minimum atomic E-state index is -2.85. The van der Waals surface area contributed by atoms with Gasteiger partial charge in [-0.2, -0.15) is 0 Å². The maximum Gasteiger partial charge on any atom is 0.278 e. The zero-order valence-electron chi connectivity index (χ0n) is 20.3. The Bertz CT molecular complexity index is 1030. The Kier molecular flexibility index (Phi) is 7.34. The molecule has 1 aliphatic carbocycles. The summed E-state index contributed by atoms with van der Waals surface area (Å²) >= 11 is 1.41. The van der Waals surface area contributed by atoms with Crippen LogP contribution in [0.4, 0.5) is 14.5 Å². The third-order valence-electron chi connectivity index (χ3n) is 7.55. The number of nitrogens with zero attached hydrogens (tertiary/aromatic N) is 4. The molecule has 2 aromatic heterocycles. The SMILES string of the molecule is CC(F)(F)COc1nc2c(s1)CCN(CCC1CCC(CC(=O)N3CCc4ncccc43)CC1)C2. The molecule has 0 unspecified atom stereocenters. The highest BCUT2D eigenvalue weighted by atomic mass is 32.1. The van der Waals surface area contributed by atoms with Crippen molar-refractivity contribution in [2.75, 3.05) is 31.1 Å². The molecular formula is C26H34F2N4O2S. The molecule has 2 aromatic rings. The highest BCUT2D eigenvalue weighted by Gasteiger charge is 2.30. The number of alkyl halides is 2. The van der Waals surface area contributed by atoms with E-state index in [4.69, 9.17) is 4.74 Å². The fourth-order valence-corrected chi connectivity index (χ4v) is 6.49. The number of carbonyl (C=O) groups is 1. The molecule has 4 heterocycles. The second-order valence-electron chi connectivity index (χ2n) is 10.4. The number of hydrogen-bond donors (Lipinski definition) is 0. The molecule has 0 bridgehead atoms. The fourth-order valence-electron chi connectivity index (χ4n) is 5.58. The van der Waals surface area contributed by atoms with E-state index in [1.807, 2.05) is 17.0 Å². The first-order valence-electron chi connectivity index (χ1n) is 12.8. The molecule has 35 heavy (non-hydrogen) atoms. The van der Waals surface area contributed by atoms with Gasteiger partial charge in [-0.25, -0.2) is 13.8 Å². The molecule has 190 valence electrons. The predicted molar refractivity (Wildman–Crippen MR) is 132 cm³/mol. The van der Waals surface area contributed by atoms with Crippen molar-refractivity contribution in [2.45, 2.75) is 70.8 Å². The van der Waals surface area contributed by atoms with Crippen LogP contribution < -0.4 is 9.64 Å². The smallest absolute Gasteiger partial charge is 0.278 e. The number of rotatable bonds is 8. The summed E-state index contributed by atoms with van der Waals surface area (Å²) in [6, 6.07) is 3.92. The molecule has 1 fully saturated rings. The van der Waals surface area contributed by atoms with E-state index < -0.39 is 12.5 Å². The number of anilines is 1. The van der Waals surface area contributed by atoms with E-state index >= 15 is 0 Å². The number of hydrogen-bond acceptors (Lipinski definition) is 6. The lowest BCUT2D eigenvalue weighted by atomic mass is 9.79. The summed E-state index contributed by atoms with van der Waals surface area (Å²) in [6.07, 6.45) is 10.0. The van der Waals surface area contributed by atoms with Gasteiger partial charge < -0.3 is 9.64 Å². The van der Waals surface area contributed by atoms with Crippen LogP contribution in [0.2, 0.25) is 0 Å². The molecule has 0 aromatic carbocycles. The minimum Gasteiger partial charge on any atom is -0.464 e. The normalized spacial score (nSPS) is 22.7. The molecule has 1 amide bonds. The van der Waals surface area contributed by atoms with Crippen molar-refractivity contribution >= 4 is 22.9 Å². The quantitative estimate of drug-likeness (QED) is 0.500. The highest BCUT2D eigenvalue weighted by molar-refractivity contribution is 7.13. The number of pyridine rings is 1. The van der Waals surface area contributed by atoms with Crippen molar-refractivity contribution in [3.63, 3.8) is 0 Å². The van der Waals surface area contributed by atoms with Gasteiger partial charge in [0.15, 0.2) is 6.61 Å². The first-order chi connectivity index (χ1) is 16.8. The van der Waals surface area contributed by atoms with Gasteiger partial charge in [0.2, 0.25) is 5.91 Å². The molecule has 1 saturated carbocycles. The predicted octanol–water partition coefficient (Wildman–Crippen LogP) is 5.11. The van der Waals surface area contributed by atoms with Gasteiger partial charge in [0.05, 0.1) is 17.1 Å². The molecule has 0 N–H and O–H groups in total. The van der Waals surface area contributed by atoms with Gasteiger partial charge in [0, 0.05) is 50.5 Å². The second kappa shape index (κ2) is 10.5. The van der Waals surface area contributed by atoms with Crippen molar-refractivity contribution < 1.29 is 18.3 Å². The fraction of sp³-hybridized carbons (Fsp3) is 0.654. The largest absolute Gasteiger partial charge is 0.464 e. The van der Waals surface area contributed by atoms with Crippen LogP contribution >= 0.6 is 11.3 Å². The molecule has 5 rings (SSSR count). The van der Waals surface area contributed by atoms with E-state index in [0.29, 0.717) is 23.5 Å². The topological polar surface area (TPSA) is 58.6 Å². The Balaban J connectivity index is 1.03. The number of ether oxygens (including phenoxy) is 1. The van der Waals surface area contributed by atoms with Gasteiger partial charge in [-0.1, -0.05) is 24.2 Å². The highest BCUT2D eigenvalue weighted by Crippen LogP contribution is 2.35. The molecule has 0 atom stereocenters. The Morgan fingerprint density at radius 3 is 2.77 bits per heavy atom. The number of aromatic nitrogens is 2. The molecule has 9 heteroatoms. The van der Waals surface area contributed by atoms with Crippen molar-refractivity contribution in [1.29, 1.82) is 0 Å². The van der Waals surface area contributed by atoms with E-state index in [0.717, 1.165) is 87.2 Å². The van der Waals surface area contributed by atoms with Crippen molar-refractivity contribution in [1.82, 2.24) is 14.9 Å². The summed E-state index contributed by atoms with van der Waals surface area (Å²) in [4.78, 5) is 27.3. The van der Waals surface area contributed by atoms with Crippen LogP contribution in [0.15, 0.2) is 18.3 Å². The summed E-state index contributed by atoms with van der Waals surface area (Å²) in [6.45, 7) is 3.78. The van der Waals surface area contributed by atoms with Crippen LogP contribution in [-0.2, 0) is 24.2 Å². The third kappa shape index (κ3) is 6.17. The van der Waals surface area contributed by atoms with Crippen molar-refractivity contribution in [3.05, 3.63) is 34.6 Å². The van der Waals surface area contributed by atoms with Crippen LogP contribution in [0.3, 0.4) is 0 Å². The summed E-state index contributed by atoms with van der Waals surface area (Å²) in [7, 11) is 0. The second-order valence-corrected chi connectivity index (χ2v) is 11.4. The van der Waals surface area contributed by atoms with Gasteiger partial charge in [0.25, 0.3) is 11.1 Å². The lowest BCUT2D eigenvalue weighted by Crippen LogP contribution is -2.33. The standard InChI is InChI=1S/C26H34F2N4O2S/c1-26(27,28)17-34-25-30-21-16-31(13-10-23(21)35-25)12-8-18-4-6-19(7-5-18)15-24(33)32-14-9-20-22(32)3-2-11-29-20/h2-3,11,18-19H,4-10,12-17H2,1H3. The van der Waals surface area contributed by atoms with Gasteiger partial charge in [-0.05, 0) is 56.2 Å². The van der Waals surface area contributed by atoms with Crippen LogP contribution in [0.1, 0.15) is 61.7 Å². The van der Waals surface area contributed by atoms with Gasteiger partial charge >= 0.3 is 0 Å². The van der Waals surface area contributed by atoms with E-state index in [1.54, 1.807) is 6.20 Å². The number of thiazole rings is 1. The van der Waals surface area contributed by atoms with Gasteiger partial charge in [-0.15, -0.1) is 0 Å². The van der Waals surface area contributed by atoms with Crippen LogP contribution in [0.25, 0.3) is 0 Å². The Morgan fingerprint density at radius 2 is 1.97 bits per heavy atom. The summed E-state index contributed by atoms with van der Waals surface area (Å²) < 4.78 is 31.3. The zero-order chi connectivity index (χ0) is 24.4. The lowest BCUT2D eigenvalue weighted by Gasteiger charge is -2.32. The van der Waals surface area contributed by atoms with Crippen molar-refractivity contribution in [2.24, 2.45) is 11.8 Å². The molecule has 3 aliphatic rings. The van der Waals surface area contributed by atoms with E-state index in [9.17, 15) is 13.6 Å². The molecular weight excluding hydrogens is 470 g/mol. The molecule has 0 spiro atoms.